The lowest BCUT2D eigenvalue weighted by molar-refractivity contribution is 0.0998. The maximum atomic E-state index is 12.7. The van der Waals surface area contributed by atoms with Gasteiger partial charge < -0.3 is 4.57 Å². The highest BCUT2D eigenvalue weighted by Crippen LogP contribution is 2.23. The summed E-state index contributed by atoms with van der Waals surface area (Å²) in [4.78, 5) is 17.7. The number of rotatable bonds is 5. The Morgan fingerprint density at radius 2 is 2.04 bits per heavy atom. The molecule has 26 heavy (non-hydrogen) atoms. The van der Waals surface area contributed by atoms with Crippen LogP contribution in [0, 0.1) is 0 Å². The van der Waals surface area contributed by atoms with Crippen molar-refractivity contribution in [3.05, 3.63) is 62.4 Å². The van der Waals surface area contributed by atoms with E-state index >= 15 is 0 Å². The van der Waals surface area contributed by atoms with Crippen molar-refractivity contribution in [2.24, 2.45) is 4.99 Å². The van der Waals surface area contributed by atoms with Crippen molar-refractivity contribution in [3.8, 4) is 0 Å². The largest absolute Gasteiger partial charge is 0.316 e. The summed E-state index contributed by atoms with van der Waals surface area (Å²) in [6.07, 6.45) is 3.04. The first-order chi connectivity index (χ1) is 12.5. The SMILES string of the molecule is CCc1ccc2c(c1)sc(=NC(=O)c1cc(Cl)ccc1Cl)n2CCSC. The first-order valence-electron chi connectivity index (χ1n) is 8.18. The van der Waals surface area contributed by atoms with Crippen LogP contribution in [0.15, 0.2) is 41.4 Å². The Bertz CT molecular complexity index is 1020. The molecule has 2 aromatic carbocycles. The number of aryl methyl sites for hydroxylation is 2. The number of aromatic nitrogens is 1. The molecule has 7 heteroatoms. The fourth-order valence-corrected chi connectivity index (χ4v) is 4.48. The van der Waals surface area contributed by atoms with E-state index in [0.717, 1.165) is 28.9 Å². The minimum atomic E-state index is -0.377. The van der Waals surface area contributed by atoms with Crippen molar-refractivity contribution in [2.75, 3.05) is 12.0 Å². The summed E-state index contributed by atoms with van der Waals surface area (Å²) in [6.45, 7) is 2.93. The van der Waals surface area contributed by atoms with Gasteiger partial charge in [0.1, 0.15) is 0 Å². The van der Waals surface area contributed by atoms with E-state index in [2.05, 4.69) is 40.9 Å². The number of carbonyl (C=O) groups excluding carboxylic acids is 1. The molecule has 3 nitrogen and oxygen atoms in total. The second-order valence-corrected chi connectivity index (χ2v) is 8.56. The van der Waals surface area contributed by atoms with E-state index in [1.165, 1.54) is 16.9 Å². The normalized spacial score (nSPS) is 12.1. The molecule has 3 aromatic rings. The van der Waals surface area contributed by atoms with E-state index in [1.807, 2.05) is 0 Å². The van der Waals surface area contributed by atoms with E-state index in [1.54, 1.807) is 30.0 Å². The monoisotopic (exact) mass is 424 g/mol. The molecule has 0 unspecified atom stereocenters. The van der Waals surface area contributed by atoms with Gasteiger partial charge in [-0.2, -0.15) is 16.8 Å². The van der Waals surface area contributed by atoms with Crippen LogP contribution in [0.4, 0.5) is 0 Å². The zero-order valence-corrected chi connectivity index (χ0v) is 17.6. The number of hydrogen-bond donors (Lipinski definition) is 0. The van der Waals surface area contributed by atoms with Crippen molar-refractivity contribution in [3.63, 3.8) is 0 Å². The minimum absolute atomic E-state index is 0.322. The standard InChI is InChI=1S/C19H18Cl2N2OS2/c1-3-12-4-7-16-17(10-12)26-19(23(16)8-9-25-2)22-18(24)14-11-13(20)5-6-15(14)21/h4-7,10-11H,3,8-9H2,1-2H3. The van der Waals surface area contributed by atoms with Crippen LogP contribution < -0.4 is 4.80 Å². The molecule has 0 saturated carbocycles. The lowest BCUT2D eigenvalue weighted by Gasteiger charge is -2.05. The Hall–Kier alpha value is -1.27. The third-order valence-corrected chi connectivity index (χ3v) is 6.23. The van der Waals surface area contributed by atoms with Crippen LogP contribution in [0.2, 0.25) is 10.0 Å². The molecule has 1 heterocycles. The predicted octanol–water partition coefficient (Wildman–Crippen LogP) is 5.68. The first kappa shape index (κ1) is 19.5. The zero-order valence-electron chi connectivity index (χ0n) is 14.5. The number of thioether (sulfide) groups is 1. The lowest BCUT2D eigenvalue weighted by atomic mass is 10.2. The molecule has 0 radical (unpaired) electrons. The molecule has 3 rings (SSSR count). The zero-order chi connectivity index (χ0) is 18.7. The molecule has 0 spiro atoms. The average molecular weight is 425 g/mol. The molecule has 0 aliphatic carbocycles. The molecule has 0 fully saturated rings. The number of fused-ring (bicyclic) bond motifs is 1. The molecule has 0 N–H and O–H groups in total. The Labute approximate surface area is 170 Å². The fraction of sp³-hybridized carbons (Fsp3) is 0.263. The van der Waals surface area contributed by atoms with Gasteiger partial charge >= 0.3 is 0 Å². The van der Waals surface area contributed by atoms with Crippen LogP contribution in [0.25, 0.3) is 10.2 Å². The van der Waals surface area contributed by atoms with Gasteiger partial charge in [-0.15, -0.1) is 0 Å². The molecular weight excluding hydrogens is 407 g/mol. The van der Waals surface area contributed by atoms with Crippen molar-refractivity contribution in [2.45, 2.75) is 19.9 Å². The molecule has 0 atom stereocenters. The predicted molar refractivity (Wildman–Crippen MR) is 114 cm³/mol. The molecule has 1 amide bonds. The van der Waals surface area contributed by atoms with Crippen molar-refractivity contribution < 1.29 is 4.79 Å². The second kappa shape index (κ2) is 8.61. The van der Waals surface area contributed by atoms with Crippen molar-refractivity contribution in [1.82, 2.24) is 4.57 Å². The van der Waals surface area contributed by atoms with Crippen molar-refractivity contribution in [1.29, 1.82) is 0 Å². The van der Waals surface area contributed by atoms with Gasteiger partial charge in [0, 0.05) is 17.3 Å². The van der Waals surface area contributed by atoms with Gasteiger partial charge in [0.05, 0.1) is 20.8 Å². The average Bonchev–Trinajstić information content (AvgIpc) is 2.97. The highest BCUT2D eigenvalue weighted by atomic mass is 35.5. The van der Waals surface area contributed by atoms with Gasteiger partial charge in [-0.3, -0.25) is 4.79 Å². The quantitative estimate of drug-likeness (QED) is 0.527. The van der Waals surface area contributed by atoms with E-state index in [9.17, 15) is 4.79 Å². The van der Waals surface area contributed by atoms with Gasteiger partial charge in [0.25, 0.3) is 5.91 Å². The molecular formula is C19H18Cl2N2OS2. The van der Waals surface area contributed by atoms with Crippen molar-refractivity contribution >= 4 is 62.4 Å². The van der Waals surface area contributed by atoms with Crippen LogP contribution in [-0.2, 0) is 13.0 Å². The van der Waals surface area contributed by atoms with Crippen LogP contribution >= 0.6 is 46.3 Å². The van der Waals surface area contributed by atoms with Crippen LogP contribution in [0.1, 0.15) is 22.8 Å². The van der Waals surface area contributed by atoms with Crippen LogP contribution in [0.3, 0.4) is 0 Å². The third kappa shape index (κ3) is 4.17. The number of carbonyl (C=O) groups is 1. The second-order valence-electron chi connectivity index (χ2n) is 5.73. The van der Waals surface area contributed by atoms with E-state index in [-0.39, 0.29) is 5.91 Å². The summed E-state index contributed by atoms with van der Waals surface area (Å²) in [5.74, 6) is 0.568. The molecule has 0 saturated heterocycles. The van der Waals surface area contributed by atoms with Gasteiger partial charge in [-0.25, -0.2) is 0 Å². The van der Waals surface area contributed by atoms with E-state index in [0.29, 0.717) is 20.4 Å². The topological polar surface area (TPSA) is 34.4 Å². The van der Waals surface area contributed by atoms with Crippen LogP contribution in [0.5, 0.6) is 0 Å². The number of thiazole rings is 1. The summed E-state index contributed by atoms with van der Waals surface area (Å²) < 4.78 is 3.24. The Morgan fingerprint density at radius 3 is 2.77 bits per heavy atom. The summed E-state index contributed by atoms with van der Waals surface area (Å²) in [5.41, 5.74) is 2.69. The molecule has 1 aromatic heterocycles. The summed E-state index contributed by atoms with van der Waals surface area (Å²) in [6, 6.07) is 11.2. The number of hydrogen-bond acceptors (Lipinski definition) is 3. The highest BCUT2D eigenvalue weighted by Gasteiger charge is 2.13. The smallest absolute Gasteiger partial charge is 0.281 e. The van der Waals surface area contributed by atoms with E-state index in [4.69, 9.17) is 23.2 Å². The first-order valence-corrected chi connectivity index (χ1v) is 11.2. The number of benzene rings is 2. The Kier molecular flexibility index (Phi) is 6.46. The number of nitrogens with zero attached hydrogens (tertiary/aromatic N) is 2. The molecule has 136 valence electrons. The Balaban J connectivity index is 2.13. The number of amides is 1. The maximum absolute atomic E-state index is 12.7. The van der Waals surface area contributed by atoms with Crippen LogP contribution in [-0.4, -0.2) is 22.5 Å². The molecule has 0 bridgehead atoms. The summed E-state index contributed by atoms with van der Waals surface area (Å²) in [5, 5.41) is 0.820. The lowest BCUT2D eigenvalue weighted by Crippen LogP contribution is -2.18. The van der Waals surface area contributed by atoms with Gasteiger partial charge in [-0.05, 0) is 48.6 Å². The van der Waals surface area contributed by atoms with Gasteiger partial charge in [0.2, 0.25) is 0 Å². The van der Waals surface area contributed by atoms with Gasteiger partial charge in [-0.1, -0.05) is 47.5 Å². The minimum Gasteiger partial charge on any atom is -0.316 e. The Morgan fingerprint density at radius 1 is 1.23 bits per heavy atom. The fourth-order valence-electron chi connectivity index (χ4n) is 2.63. The molecule has 0 aliphatic heterocycles. The summed E-state index contributed by atoms with van der Waals surface area (Å²) in [7, 11) is 0. The molecule has 0 aliphatic rings. The highest BCUT2D eigenvalue weighted by molar-refractivity contribution is 7.98. The third-order valence-electron chi connectivity index (χ3n) is 4.03. The number of halogens is 2. The van der Waals surface area contributed by atoms with E-state index < -0.39 is 0 Å². The summed E-state index contributed by atoms with van der Waals surface area (Å²) >= 11 is 15.4. The van der Waals surface area contributed by atoms with Gasteiger partial charge in [0.15, 0.2) is 4.80 Å². The maximum Gasteiger partial charge on any atom is 0.281 e.